The summed E-state index contributed by atoms with van der Waals surface area (Å²) in [7, 11) is 2.06. The molecule has 1 aromatic rings. The first kappa shape index (κ1) is 9.72. The standard InChI is InChI=1S/C13H19N/c1-12(2,14-3)13(9-10-13)11-7-5-4-6-8-11/h4-8,14H,9-10H2,1-3H3. The van der Waals surface area contributed by atoms with Gasteiger partial charge in [0, 0.05) is 11.0 Å². The molecule has 0 saturated heterocycles. The number of benzene rings is 1. The second-order valence-corrected chi connectivity index (χ2v) is 4.82. The van der Waals surface area contributed by atoms with Gasteiger partial charge in [0.25, 0.3) is 0 Å². The molecule has 1 aliphatic rings. The highest BCUT2D eigenvalue weighted by molar-refractivity contribution is 5.36. The third kappa shape index (κ3) is 1.27. The van der Waals surface area contributed by atoms with Gasteiger partial charge in [0.15, 0.2) is 0 Å². The fourth-order valence-electron chi connectivity index (χ4n) is 2.40. The lowest BCUT2D eigenvalue weighted by atomic mass is 9.78. The van der Waals surface area contributed by atoms with Gasteiger partial charge in [-0.05, 0) is 39.3 Å². The van der Waals surface area contributed by atoms with E-state index in [4.69, 9.17) is 0 Å². The van der Waals surface area contributed by atoms with E-state index in [1.165, 1.54) is 18.4 Å². The lowest BCUT2D eigenvalue weighted by molar-refractivity contribution is 0.324. The van der Waals surface area contributed by atoms with Crippen LogP contribution in [-0.2, 0) is 5.41 Å². The Hall–Kier alpha value is -0.820. The molecular weight excluding hydrogens is 170 g/mol. The number of rotatable bonds is 3. The van der Waals surface area contributed by atoms with Gasteiger partial charge in [-0.1, -0.05) is 30.3 Å². The average molecular weight is 189 g/mol. The van der Waals surface area contributed by atoms with Gasteiger partial charge in [-0.3, -0.25) is 0 Å². The van der Waals surface area contributed by atoms with Crippen molar-refractivity contribution in [1.82, 2.24) is 5.32 Å². The smallest absolute Gasteiger partial charge is 0.0218 e. The van der Waals surface area contributed by atoms with Crippen LogP contribution < -0.4 is 5.32 Å². The van der Waals surface area contributed by atoms with Crippen LogP contribution in [-0.4, -0.2) is 12.6 Å². The Morgan fingerprint density at radius 1 is 1.14 bits per heavy atom. The quantitative estimate of drug-likeness (QED) is 0.771. The Morgan fingerprint density at radius 2 is 1.71 bits per heavy atom. The van der Waals surface area contributed by atoms with Crippen LogP contribution in [0.4, 0.5) is 0 Å². The van der Waals surface area contributed by atoms with Crippen molar-refractivity contribution in [3.63, 3.8) is 0 Å². The van der Waals surface area contributed by atoms with Crippen LogP contribution in [0.25, 0.3) is 0 Å². The molecule has 0 aliphatic heterocycles. The minimum atomic E-state index is 0.203. The maximum absolute atomic E-state index is 3.44. The molecule has 0 spiro atoms. The van der Waals surface area contributed by atoms with Gasteiger partial charge in [0.2, 0.25) is 0 Å². The summed E-state index contributed by atoms with van der Waals surface area (Å²) in [4.78, 5) is 0. The summed E-state index contributed by atoms with van der Waals surface area (Å²) in [6.45, 7) is 4.60. The average Bonchev–Trinajstić information content (AvgIpc) is 3.00. The Balaban J connectivity index is 2.35. The van der Waals surface area contributed by atoms with Gasteiger partial charge in [0.1, 0.15) is 0 Å². The second kappa shape index (κ2) is 3.09. The van der Waals surface area contributed by atoms with Gasteiger partial charge in [-0.15, -0.1) is 0 Å². The lowest BCUT2D eigenvalue weighted by Gasteiger charge is -2.35. The van der Waals surface area contributed by atoms with Crippen LogP contribution in [0.2, 0.25) is 0 Å². The topological polar surface area (TPSA) is 12.0 Å². The molecule has 1 aromatic carbocycles. The van der Waals surface area contributed by atoms with Crippen molar-refractivity contribution in [1.29, 1.82) is 0 Å². The summed E-state index contributed by atoms with van der Waals surface area (Å²) < 4.78 is 0. The summed E-state index contributed by atoms with van der Waals surface area (Å²) in [5.74, 6) is 0. The molecule has 14 heavy (non-hydrogen) atoms. The van der Waals surface area contributed by atoms with E-state index in [9.17, 15) is 0 Å². The van der Waals surface area contributed by atoms with Crippen molar-refractivity contribution in [2.75, 3.05) is 7.05 Å². The van der Waals surface area contributed by atoms with Crippen LogP contribution in [0, 0.1) is 0 Å². The highest BCUT2D eigenvalue weighted by atomic mass is 15.0. The normalized spacial score (nSPS) is 19.4. The molecule has 0 amide bonds. The minimum Gasteiger partial charge on any atom is -0.314 e. The molecule has 2 rings (SSSR count). The number of hydrogen-bond donors (Lipinski definition) is 1. The highest BCUT2D eigenvalue weighted by Gasteiger charge is 2.54. The van der Waals surface area contributed by atoms with Crippen LogP contribution in [0.5, 0.6) is 0 Å². The first-order valence-corrected chi connectivity index (χ1v) is 5.37. The maximum Gasteiger partial charge on any atom is 0.0218 e. The Labute approximate surface area is 86.5 Å². The van der Waals surface area contributed by atoms with Crippen molar-refractivity contribution in [3.05, 3.63) is 35.9 Å². The van der Waals surface area contributed by atoms with Crippen LogP contribution in [0.15, 0.2) is 30.3 Å². The van der Waals surface area contributed by atoms with Gasteiger partial charge >= 0.3 is 0 Å². The zero-order chi connectivity index (χ0) is 10.2. The Bertz CT molecular complexity index is 309. The molecule has 1 aliphatic carbocycles. The predicted molar refractivity (Wildman–Crippen MR) is 60.5 cm³/mol. The van der Waals surface area contributed by atoms with E-state index in [-0.39, 0.29) is 5.54 Å². The zero-order valence-electron chi connectivity index (χ0n) is 9.30. The zero-order valence-corrected chi connectivity index (χ0v) is 9.30. The molecule has 76 valence electrons. The first-order valence-electron chi connectivity index (χ1n) is 5.37. The minimum absolute atomic E-state index is 0.203. The summed E-state index contributed by atoms with van der Waals surface area (Å²) in [6, 6.07) is 10.9. The molecule has 1 saturated carbocycles. The van der Waals surface area contributed by atoms with Crippen molar-refractivity contribution >= 4 is 0 Å². The fraction of sp³-hybridized carbons (Fsp3) is 0.538. The maximum atomic E-state index is 3.44. The number of likely N-dealkylation sites (N-methyl/N-ethyl adjacent to an activating group) is 1. The monoisotopic (exact) mass is 189 g/mol. The van der Waals surface area contributed by atoms with Crippen LogP contribution in [0.3, 0.4) is 0 Å². The Morgan fingerprint density at radius 3 is 2.14 bits per heavy atom. The van der Waals surface area contributed by atoms with E-state index in [1.54, 1.807) is 0 Å². The number of nitrogens with one attached hydrogen (secondary N) is 1. The molecule has 0 unspecified atom stereocenters. The summed E-state index contributed by atoms with van der Waals surface area (Å²) in [5.41, 5.74) is 2.07. The SMILES string of the molecule is CNC(C)(C)C1(c2ccccc2)CC1. The third-order valence-corrected chi connectivity index (χ3v) is 3.90. The van der Waals surface area contributed by atoms with Gasteiger partial charge in [-0.25, -0.2) is 0 Å². The van der Waals surface area contributed by atoms with Crippen LogP contribution in [0.1, 0.15) is 32.3 Å². The summed E-state index contributed by atoms with van der Waals surface area (Å²) in [5, 5.41) is 3.44. The van der Waals surface area contributed by atoms with E-state index < -0.39 is 0 Å². The molecular formula is C13H19N. The molecule has 1 nitrogen and oxygen atoms in total. The molecule has 1 heteroatoms. The van der Waals surface area contributed by atoms with Crippen molar-refractivity contribution in [2.45, 2.75) is 37.6 Å². The fourth-order valence-corrected chi connectivity index (χ4v) is 2.40. The molecule has 0 heterocycles. The lowest BCUT2D eigenvalue weighted by Crippen LogP contribution is -2.47. The van der Waals surface area contributed by atoms with E-state index in [0.717, 1.165) is 0 Å². The molecule has 0 aromatic heterocycles. The molecule has 1 N–H and O–H groups in total. The summed E-state index contributed by atoms with van der Waals surface area (Å²) >= 11 is 0. The molecule has 0 radical (unpaired) electrons. The van der Waals surface area contributed by atoms with Crippen LogP contribution >= 0.6 is 0 Å². The van der Waals surface area contributed by atoms with Gasteiger partial charge < -0.3 is 5.32 Å². The van der Waals surface area contributed by atoms with Crippen molar-refractivity contribution < 1.29 is 0 Å². The Kier molecular flexibility index (Phi) is 2.15. The van der Waals surface area contributed by atoms with Gasteiger partial charge in [0.05, 0.1) is 0 Å². The van der Waals surface area contributed by atoms with E-state index in [0.29, 0.717) is 5.41 Å². The summed E-state index contributed by atoms with van der Waals surface area (Å²) in [6.07, 6.45) is 2.62. The van der Waals surface area contributed by atoms with Crippen molar-refractivity contribution in [3.8, 4) is 0 Å². The van der Waals surface area contributed by atoms with E-state index in [1.807, 2.05) is 0 Å². The largest absolute Gasteiger partial charge is 0.314 e. The highest BCUT2D eigenvalue weighted by Crippen LogP contribution is 2.55. The molecule has 0 bridgehead atoms. The van der Waals surface area contributed by atoms with E-state index in [2.05, 4.69) is 56.5 Å². The second-order valence-electron chi connectivity index (χ2n) is 4.82. The first-order chi connectivity index (χ1) is 6.62. The van der Waals surface area contributed by atoms with Crippen molar-refractivity contribution in [2.24, 2.45) is 0 Å². The molecule has 0 atom stereocenters. The van der Waals surface area contributed by atoms with E-state index >= 15 is 0 Å². The number of hydrogen-bond acceptors (Lipinski definition) is 1. The predicted octanol–water partition coefficient (Wildman–Crippen LogP) is 2.72. The third-order valence-electron chi connectivity index (χ3n) is 3.90. The molecule has 1 fully saturated rings. The van der Waals surface area contributed by atoms with Gasteiger partial charge in [-0.2, -0.15) is 0 Å².